The molecule has 0 aliphatic carbocycles. The number of pyridine rings is 1. The van der Waals surface area contributed by atoms with Crippen LogP contribution in [0.1, 0.15) is 80.2 Å². The maximum absolute atomic E-state index is 14.9. The Bertz CT molecular complexity index is 1950. The first-order chi connectivity index (χ1) is 30.6. The van der Waals surface area contributed by atoms with Gasteiger partial charge in [-0.2, -0.15) is 0 Å². The molecule has 0 radical (unpaired) electrons. The van der Waals surface area contributed by atoms with Crippen LogP contribution in [-0.2, 0) is 44.6 Å². The highest BCUT2D eigenvalue weighted by molar-refractivity contribution is 8.00. The van der Waals surface area contributed by atoms with Crippen molar-refractivity contribution in [3.05, 3.63) is 46.2 Å². The number of esters is 2. The van der Waals surface area contributed by atoms with Gasteiger partial charge in [0.05, 0.1) is 53.6 Å². The molecule has 1 aromatic heterocycles. The predicted molar refractivity (Wildman–Crippen MR) is 249 cm³/mol. The molecule has 3 aliphatic heterocycles. The summed E-state index contributed by atoms with van der Waals surface area (Å²) in [4.78, 5) is 49.0. The number of ketones is 1. The van der Waals surface area contributed by atoms with Crippen LogP contribution in [0.25, 0.3) is 0 Å². The lowest BCUT2D eigenvalue weighted by Crippen LogP contribution is -2.60. The molecular weight excluding hydrogens is 901 g/mol. The number of halogens is 2. The number of anilines is 1. The highest BCUT2D eigenvalue weighted by Crippen LogP contribution is 2.49. The third-order valence-electron chi connectivity index (χ3n) is 13.7. The topological polar surface area (TPSA) is 184 Å². The van der Waals surface area contributed by atoms with E-state index in [2.05, 4.69) is 10.3 Å². The van der Waals surface area contributed by atoms with Crippen molar-refractivity contribution in [1.82, 2.24) is 9.88 Å². The molecule has 0 spiro atoms. The number of ether oxygens (including phenoxy) is 7. The van der Waals surface area contributed by atoms with Crippen molar-refractivity contribution in [1.29, 1.82) is 0 Å². The average molecular weight is 971 g/mol. The number of aromatic nitrogens is 1. The Labute approximate surface area is 398 Å². The van der Waals surface area contributed by atoms with Crippen molar-refractivity contribution < 1.29 is 57.8 Å². The van der Waals surface area contributed by atoms with Crippen LogP contribution in [0.4, 0.5) is 5.69 Å². The van der Waals surface area contributed by atoms with E-state index in [0.717, 1.165) is 5.69 Å². The summed E-state index contributed by atoms with van der Waals surface area (Å²) in [5, 5.41) is 26.8. The number of benzene rings is 1. The van der Waals surface area contributed by atoms with Crippen molar-refractivity contribution >= 4 is 58.4 Å². The fraction of sp³-hybridized carbons (Fsp3) is 0.702. The number of carbonyl (C=O) groups is 3. The zero-order valence-electron chi connectivity index (χ0n) is 39.7. The van der Waals surface area contributed by atoms with Crippen LogP contribution >= 0.6 is 35.0 Å². The lowest BCUT2D eigenvalue weighted by molar-refractivity contribution is -0.301. The van der Waals surface area contributed by atoms with E-state index in [-0.39, 0.29) is 37.4 Å². The lowest BCUT2D eigenvalue weighted by atomic mass is 9.70. The minimum Gasteiger partial charge on any atom is -0.493 e. The summed E-state index contributed by atoms with van der Waals surface area (Å²) in [6, 6.07) is 5.12. The molecule has 1 aromatic carbocycles. The lowest BCUT2D eigenvalue weighted by Gasteiger charge is -2.48. The number of nitrogens with zero attached hydrogens (tertiary/aromatic N) is 2. The van der Waals surface area contributed by atoms with E-state index in [0.29, 0.717) is 45.8 Å². The molecule has 364 valence electrons. The van der Waals surface area contributed by atoms with Crippen LogP contribution in [0.2, 0.25) is 10.0 Å². The average Bonchev–Trinajstić information content (AvgIpc) is 3.53. The standard InChI is InChI=1S/C47H69Cl2N3O12S/c1-13-36-47(8)37(41(44(57)64-47)65-17-16-60-35-19-29(14-15-34(35)58-11)51-21-30-31(48)22-50-23-32(30)49)26(4)38(53)24(2)20-46(7,59-12)42(27(5)39(54)28(6)43(56)62-36)63-45-40(55)33(52(9)10)18-25(3)61-45/h14-15,19,22-28,33,36-37,39-42,45,51,54-55H,13,16-18,20-21H2,1-12H3/t24-,25-,26-,27+,28-,33+,36-,37+,39+,40-,41+,42-,45+,46-,47-/m1/s1. The third-order valence-corrected chi connectivity index (χ3v) is 15.6. The van der Waals surface area contributed by atoms with Crippen molar-refractivity contribution in [2.24, 2.45) is 29.6 Å². The maximum Gasteiger partial charge on any atom is 0.320 e. The molecule has 3 N–H and O–H groups in total. The van der Waals surface area contributed by atoms with Gasteiger partial charge < -0.3 is 53.6 Å². The minimum atomic E-state index is -1.40. The summed E-state index contributed by atoms with van der Waals surface area (Å²) in [6.45, 7) is 14.7. The molecular formula is C47H69Cl2N3O12S. The summed E-state index contributed by atoms with van der Waals surface area (Å²) in [5.74, 6) is -4.08. The Morgan fingerprint density at radius 2 is 1.65 bits per heavy atom. The number of cyclic esters (lactones) is 1. The molecule has 65 heavy (non-hydrogen) atoms. The molecule has 0 bridgehead atoms. The van der Waals surface area contributed by atoms with E-state index < -0.39 is 88.7 Å². The van der Waals surface area contributed by atoms with Gasteiger partial charge in [-0.05, 0) is 73.2 Å². The van der Waals surface area contributed by atoms with Gasteiger partial charge in [0.15, 0.2) is 23.4 Å². The van der Waals surface area contributed by atoms with Crippen molar-refractivity contribution in [3.63, 3.8) is 0 Å². The SMILES string of the molecule is CC[C@H]1OC(=O)[C@H](C)[C@@H](O)[C@H](C)[C@@H](O[C@@H]2O[C@H](C)C[C@H](N(C)C)[C@H]2O)[C@](C)(OC)C[C@@H](C)C(=O)[C@H](C)[C@H]2[C@H](SCCOc3cc(NCc4c(Cl)cncc4Cl)ccc3OC)C(=O)O[C@@]21C. The Morgan fingerprint density at radius 1 is 0.969 bits per heavy atom. The highest BCUT2D eigenvalue weighted by atomic mass is 35.5. The Morgan fingerprint density at radius 3 is 2.26 bits per heavy atom. The van der Waals surface area contributed by atoms with Gasteiger partial charge in [0, 0.05) is 78.8 Å². The van der Waals surface area contributed by atoms with E-state index in [9.17, 15) is 24.6 Å². The van der Waals surface area contributed by atoms with Gasteiger partial charge >= 0.3 is 11.9 Å². The van der Waals surface area contributed by atoms with E-state index in [1.165, 1.54) is 31.3 Å². The first-order valence-electron chi connectivity index (χ1n) is 22.4. The number of hydrogen-bond acceptors (Lipinski definition) is 16. The molecule has 18 heteroatoms. The highest BCUT2D eigenvalue weighted by Gasteiger charge is 2.61. The Balaban J connectivity index is 1.41. The van der Waals surface area contributed by atoms with Crippen LogP contribution in [-0.4, -0.2) is 138 Å². The molecule has 4 heterocycles. The number of nitrogens with one attached hydrogen (secondary N) is 1. The van der Waals surface area contributed by atoms with Crippen molar-refractivity contribution in [2.45, 2.75) is 141 Å². The smallest absolute Gasteiger partial charge is 0.320 e. The van der Waals surface area contributed by atoms with Gasteiger partial charge in [-0.1, -0.05) is 50.9 Å². The molecule has 0 saturated carbocycles. The molecule has 0 unspecified atom stereocenters. The first kappa shape index (κ1) is 53.0. The normalized spacial score (nSPS) is 36.1. The number of aliphatic hydroxyl groups excluding tert-OH is 2. The van der Waals surface area contributed by atoms with Gasteiger partial charge in [0.1, 0.15) is 23.2 Å². The Hall–Kier alpha value is -2.93. The molecule has 3 aliphatic rings. The van der Waals surface area contributed by atoms with E-state index in [1.54, 1.807) is 53.9 Å². The van der Waals surface area contributed by atoms with Gasteiger partial charge in [-0.25, -0.2) is 0 Å². The predicted octanol–water partition coefficient (Wildman–Crippen LogP) is 6.84. The molecule has 3 fully saturated rings. The summed E-state index contributed by atoms with van der Waals surface area (Å²) < 4.78 is 43.4. The molecule has 15 nitrogen and oxygen atoms in total. The minimum absolute atomic E-state index is 0.141. The second kappa shape index (κ2) is 22.5. The van der Waals surface area contributed by atoms with Crippen LogP contribution in [0, 0.1) is 29.6 Å². The number of hydrogen-bond donors (Lipinski definition) is 3. The number of methoxy groups -OCH3 is 2. The van der Waals surface area contributed by atoms with Gasteiger partial charge in [0.2, 0.25) is 0 Å². The second-order valence-electron chi connectivity index (χ2n) is 18.5. The number of likely N-dealkylation sites (N-methyl/N-ethyl adjacent to an activating group) is 1. The first-order valence-corrected chi connectivity index (χ1v) is 24.2. The van der Waals surface area contributed by atoms with Crippen LogP contribution < -0.4 is 14.8 Å². The number of rotatable bonds is 14. The molecule has 15 atom stereocenters. The number of carbonyl (C=O) groups excluding carboxylic acids is 3. The monoisotopic (exact) mass is 969 g/mol. The zero-order chi connectivity index (χ0) is 48.1. The van der Waals surface area contributed by atoms with E-state index in [1.807, 2.05) is 45.8 Å². The van der Waals surface area contributed by atoms with Crippen LogP contribution in [0.5, 0.6) is 11.5 Å². The van der Waals surface area contributed by atoms with Gasteiger partial charge in [-0.3, -0.25) is 19.4 Å². The van der Waals surface area contributed by atoms with E-state index in [4.69, 9.17) is 56.4 Å². The zero-order valence-corrected chi connectivity index (χ0v) is 42.0. The largest absolute Gasteiger partial charge is 0.493 e. The quantitative estimate of drug-likeness (QED) is 0.132. The fourth-order valence-corrected chi connectivity index (χ4v) is 11.8. The van der Waals surface area contributed by atoms with E-state index >= 15 is 0 Å². The summed E-state index contributed by atoms with van der Waals surface area (Å²) in [5.41, 5.74) is -1.22. The summed E-state index contributed by atoms with van der Waals surface area (Å²) in [7, 11) is 6.81. The fourth-order valence-electron chi connectivity index (χ4n) is 9.92. The van der Waals surface area contributed by atoms with Gasteiger partial charge in [0.25, 0.3) is 0 Å². The summed E-state index contributed by atoms with van der Waals surface area (Å²) in [6.07, 6.45) is -1.61. The van der Waals surface area contributed by atoms with Gasteiger partial charge in [-0.15, -0.1) is 11.8 Å². The number of Topliss-reactive ketones (excluding diaryl/α,β-unsaturated/α-hetero) is 1. The van der Waals surface area contributed by atoms with Crippen LogP contribution in [0.3, 0.4) is 0 Å². The molecule has 3 saturated heterocycles. The molecule has 2 aromatic rings. The maximum atomic E-state index is 14.9. The number of fused-ring (bicyclic) bond motifs is 1. The number of thioether (sulfide) groups is 1. The summed E-state index contributed by atoms with van der Waals surface area (Å²) >= 11 is 14.0. The number of aliphatic hydroxyl groups is 2. The molecule has 5 rings (SSSR count). The third kappa shape index (κ3) is 11.7. The van der Waals surface area contributed by atoms with Crippen LogP contribution in [0.15, 0.2) is 30.6 Å². The molecule has 0 amide bonds. The Kier molecular flexibility index (Phi) is 18.3. The second-order valence-corrected chi connectivity index (χ2v) is 20.5. The van der Waals surface area contributed by atoms with Crippen molar-refractivity contribution in [3.8, 4) is 11.5 Å². The van der Waals surface area contributed by atoms with Crippen molar-refractivity contribution in [2.75, 3.05) is 46.0 Å².